The quantitative estimate of drug-likeness (QED) is 0.620. The molecule has 11 heteroatoms. The normalized spacial score (nSPS) is 15.0. The fourth-order valence-corrected chi connectivity index (χ4v) is 6.40. The van der Waals surface area contributed by atoms with Gasteiger partial charge >= 0.3 is 4.87 Å². The maximum atomic E-state index is 13.1. The van der Waals surface area contributed by atoms with Crippen LogP contribution in [0.1, 0.15) is 21.6 Å². The van der Waals surface area contributed by atoms with Crippen molar-refractivity contribution in [3.63, 3.8) is 0 Å². The van der Waals surface area contributed by atoms with Crippen molar-refractivity contribution in [1.82, 2.24) is 14.2 Å². The number of hydrogen-bond acceptors (Lipinski definition) is 7. The number of aromatic nitrogens is 1. The number of ether oxygens (including phenoxy) is 2. The Labute approximate surface area is 184 Å². The van der Waals surface area contributed by atoms with Crippen molar-refractivity contribution in [1.29, 1.82) is 0 Å². The second-order valence-corrected chi connectivity index (χ2v) is 10.1. The van der Waals surface area contributed by atoms with E-state index in [9.17, 15) is 18.0 Å². The zero-order valence-electron chi connectivity index (χ0n) is 17.6. The Kier molecular flexibility index (Phi) is 6.87. The number of benzene rings is 1. The zero-order valence-corrected chi connectivity index (χ0v) is 19.3. The van der Waals surface area contributed by atoms with Crippen molar-refractivity contribution in [3.05, 3.63) is 51.3 Å². The summed E-state index contributed by atoms with van der Waals surface area (Å²) >= 11 is 0.678. The Balaban J connectivity index is 1.79. The van der Waals surface area contributed by atoms with Crippen LogP contribution in [-0.2, 0) is 16.4 Å². The van der Waals surface area contributed by atoms with Crippen molar-refractivity contribution in [2.24, 2.45) is 0 Å². The molecule has 3 rings (SSSR count). The van der Waals surface area contributed by atoms with Gasteiger partial charge < -0.3 is 19.4 Å². The van der Waals surface area contributed by atoms with Crippen LogP contribution in [0.5, 0.6) is 11.5 Å². The van der Waals surface area contributed by atoms with Gasteiger partial charge in [0.25, 0.3) is 15.9 Å². The van der Waals surface area contributed by atoms with Gasteiger partial charge in [0, 0.05) is 43.0 Å². The molecule has 0 radical (unpaired) electrons. The van der Waals surface area contributed by atoms with E-state index >= 15 is 0 Å². The smallest absolute Gasteiger partial charge is 0.305 e. The summed E-state index contributed by atoms with van der Waals surface area (Å²) in [6.07, 6.45) is 2.22. The van der Waals surface area contributed by atoms with Gasteiger partial charge in [-0.1, -0.05) is 17.4 Å². The van der Waals surface area contributed by atoms with Gasteiger partial charge in [-0.25, -0.2) is 8.42 Å². The van der Waals surface area contributed by atoms with E-state index in [4.69, 9.17) is 9.47 Å². The predicted molar refractivity (Wildman–Crippen MR) is 118 cm³/mol. The number of hydrogen-bond donors (Lipinski definition) is 1. The molecule has 1 saturated heterocycles. The molecule has 0 spiro atoms. The van der Waals surface area contributed by atoms with Crippen LogP contribution in [0.4, 0.5) is 0 Å². The lowest BCUT2D eigenvalue weighted by Gasteiger charge is -2.34. The van der Waals surface area contributed by atoms with Gasteiger partial charge in [0.05, 0.1) is 14.2 Å². The first-order chi connectivity index (χ1) is 14.7. The fourth-order valence-electron chi connectivity index (χ4n) is 3.54. The van der Waals surface area contributed by atoms with Crippen molar-refractivity contribution in [2.45, 2.75) is 17.6 Å². The van der Waals surface area contributed by atoms with Gasteiger partial charge in [0.2, 0.25) is 0 Å². The molecule has 1 N–H and O–H groups in total. The van der Waals surface area contributed by atoms with E-state index in [2.05, 4.69) is 11.6 Å². The van der Waals surface area contributed by atoms with E-state index in [1.165, 1.54) is 18.5 Å². The Hall–Kier alpha value is -2.63. The van der Waals surface area contributed by atoms with Crippen LogP contribution in [0, 0.1) is 6.92 Å². The molecule has 2 aromatic rings. The lowest BCUT2D eigenvalue weighted by Crippen LogP contribution is -2.50. The van der Waals surface area contributed by atoms with Gasteiger partial charge in [0.1, 0.15) is 0 Å². The number of amides is 1. The molecule has 9 nitrogen and oxygen atoms in total. The van der Waals surface area contributed by atoms with Gasteiger partial charge in [-0.2, -0.15) is 4.31 Å². The van der Waals surface area contributed by atoms with Gasteiger partial charge in [0.15, 0.2) is 15.7 Å². The van der Waals surface area contributed by atoms with Crippen LogP contribution in [0.2, 0.25) is 0 Å². The van der Waals surface area contributed by atoms with E-state index in [-0.39, 0.29) is 36.3 Å². The molecule has 1 aromatic carbocycles. The molecule has 1 aromatic heterocycles. The molecule has 0 atom stereocenters. The average molecular weight is 468 g/mol. The number of aryl methyl sites for hydroxylation is 1. The van der Waals surface area contributed by atoms with Gasteiger partial charge in [-0.3, -0.25) is 9.59 Å². The largest absolute Gasteiger partial charge is 0.493 e. The van der Waals surface area contributed by atoms with E-state index in [0.29, 0.717) is 40.5 Å². The summed E-state index contributed by atoms with van der Waals surface area (Å²) in [4.78, 5) is 28.3. The van der Waals surface area contributed by atoms with E-state index < -0.39 is 14.9 Å². The van der Waals surface area contributed by atoms with Crippen LogP contribution >= 0.6 is 11.3 Å². The summed E-state index contributed by atoms with van der Waals surface area (Å²) in [5, 5.41) is 0. The van der Waals surface area contributed by atoms with Crippen LogP contribution in [0.15, 0.2) is 33.8 Å². The minimum Gasteiger partial charge on any atom is -0.493 e. The molecule has 1 amide bonds. The number of piperazine rings is 1. The molecular formula is C20H25N3O6S2. The summed E-state index contributed by atoms with van der Waals surface area (Å²) in [6, 6.07) is 3.37. The third-order valence-corrected chi connectivity index (χ3v) is 8.53. The molecule has 0 aliphatic carbocycles. The molecule has 31 heavy (non-hydrogen) atoms. The number of thiazole rings is 1. The summed E-state index contributed by atoms with van der Waals surface area (Å²) in [5.74, 6) is 0.783. The van der Waals surface area contributed by atoms with Gasteiger partial charge in [-0.15, -0.1) is 6.58 Å². The van der Waals surface area contributed by atoms with Crippen LogP contribution < -0.4 is 14.3 Å². The molecule has 1 fully saturated rings. The zero-order chi connectivity index (χ0) is 22.8. The van der Waals surface area contributed by atoms with Crippen LogP contribution in [0.3, 0.4) is 0 Å². The SMILES string of the molecule is C=CCc1cc(C(=O)N2CCN(S(=O)(=O)c3sc(=O)[nH]c3C)CC2)cc(OC)c1OC. The first kappa shape index (κ1) is 23.0. The number of H-pyrrole nitrogens is 1. The Morgan fingerprint density at radius 3 is 2.42 bits per heavy atom. The second kappa shape index (κ2) is 9.25. The van der Waals surface area contributed by atoms with Crippen molar-refractivity contribution >= 4 is 27.3 Å². The summed E-state index contributed by atoms with van der Waals surface area (Å²) in [5.41, 5.74) is 1.54. The number of allylic oxidation sites excluding steroid dienone is 1. The topological polar surface area (TPSA) is 109 Å². The molecule has 1 aliphatic rings. The Morgan fingerprint density at radius 1 is 1.23 bits per heavy atom. The number of sulfonamides is 1. The summed E-state index contributed by atoms with van der Waals surface area (Å²) in [6.45, 7) is 6.06. The predicted octanol–water partition coefficient (Wildman–Crippen LogP) is 1.64. The van der Waals surface area contributed by atoms with E-state index in [1.54, 1.807) is 30.0 Å². The number of aromatic amines is 1. The molecule has 1 aliphatic heterocycles. The number of nitrogens with zero attached hydrogens (tertiary/aromatic N) is 2. The van der Waals surface area contributed by atoms with Crippen LogP contribution in [0.25, 0.3) is 0 Å². The highest BCUT2D eigenvalue weighted by Gasteiger charge is 2.33. The van der Waals surface area contributed by atoms with Crippen LogP contribution in [-0.4, -0.2) is 68.9 Å². The first-order valence-electron chi connectivity index (χ1n) is 9.57. The highest BCUT2D eigenvalue weighted by atomic mass is 32.2. The molecule has 0 saturated carbocycles. The maximum absolute atomic E-state index is 13.1. The van der Waals surface area contributed by atoms with E-state index in [0.717, 1.165) is 5.56 Å². The number of nitrogens with one attached hydrogen (secondary N) is 1. The molecule has 0 unspecified atom stereocenters. The lowest BCUT2D eigenvalue weighted by molar-refractivity contribution is 0.0697. The number of carbonyl (C=O) groups excluding carboxylic acids is 1. The minimum absolute atomic E-state index is 0.0197. The summed E-state index contributed by atoms with van der Waals surface area (Å²) in [7, 11) is -0.743. The monoisotopic (exact) mass is 467 g/mol. The first-order valence-corrected chi connectivity index (χ1v) is 11.8. The third kappa shape index (κ3) is 4.53. The fraction of sp³-hybridized carbons (Fsp3) is 0.400. The third-order valence-electron chi connectivity index (χ3n) is 5.05. The number of methoxy groups -OCH3 is 2. The molecule has 2 heterocycles. The number of carbonyl (C=O) groups is 1. The van der Waals surface area contributed by atoms with Crippen molar-refractivity contribution < 1.29 is 22.7 Å². The average Bonchev–Trinajstić information content (AvgIpc) is 3.11. The second-order valence-electron chi connectivity index (χ2n) is 6.99. The minimum atomic E-state index is -3.78. The van der Waals surface area contributed by atoms with Gasteiger partial charge in [-0.05, 0) is 25.5 Å². The lowest BCUT2D eigenvalue weighted by atomic mass is 10.0. The molecule has 168 valence electrons. The maximum Gasteiger partial charge on any atom is 0.305 e. The van der Waals surface area contributed by atoms with E-state index in [1.807, 2.05) is 0 Å². The highest BCUT2D eigenvalue weighted by Crippen LogP contribution is 2.34. The Morgan fingerprint density at radius 2 is 1.90 bits per heavy atom. The standard InChI is InChI=1S/C20H25N3O6S2/c1-5-6-14-11-15(12-16(28-3)17(14)29-4)18(24)22-7-9-23(10-8-22)31(26,27)19-13(2)21-20(25)30-19/h5,11-12H,1,6-10H2,2-4H3,(H,21,25). The number of rotatable bonds is 7. The van der Waals surface area contributed by atoms with Crippen molar-refractivity contribution in [3.8, 4) is 11.5 Å². The van der Waals surface area contributed by atoms with Crippen molar-refractivity contribution in [2.75, 3.05) is 40.4 Å². The molecule has 0 bridgehead atoms. The highest BCUT2D eigenvalue weighted by molar-refractivity contribution is 7.91. The Bertz CT molecular complexity index is 1140. The summed E-state index contributed by atoms with van der Waals surface area (Å²) < 4.78 is 37.9. The molecular weight excluding hydrogens is 442 g/mol.